The molecule has 0 aliphatic carbocycles. The first-order chi connectivity index (χ1) is 16.5. The molecule has 10 nitrogen and oxygen atoms in total. The van der Waals surface area contributed by atoms with Gasteiger partial charge in [0.05, 0.1) is 24.5 Å². The number of aryl methyl sites for hydroxylation is 2. The molecule has 1 aliphatic heterocycles. The van der Waals surface area contributed by atoms with Crippen LogP contribution in [0.3, 0.4) is 0 Å². The standard InChI is InChI=1S/C24H24N6O4/c1-17-4-6-18(7-5-17)30-22-19(15-26-30)23(32)29(16-25-22)9-8-21(31)27-10-12-28(13-11-27)24(33)20-3-2-14-34-20/h2-7,14-16H,8-13H2,1H3. The van der Waals surface area contributed by atoms with Crippen LogP contribution in [0.5, 0.6) is 0 Å². The van der Waals surface area contributed by atoms with E-state index in [1.54, 1.807) is 26.6 Å². The average molecular weight is 460 g/mol. The van der Waals surface area contributed by atoms with Crippen LogP contribution in [0.1, 0.15) is 22.5 Å². The summed E-state index contributed by atoms with van der Waals surface area (Å²) >= 11 is 0. The van der Waals surface area contributed by atoms with Crippen molar-refractivity contribution in [1.82, 2.24) is 29.1 Å². The van der Waals surface area contributed by atoms with E-state index >= 15 is 0 Å². The minimum Gasteiger partial charge on any atom is -0.459 e. The Kier molecular flexibility index (Phi) is 5.70. The van der Waals surface area contributed by atoms with Crippen LogP contribution in [-0.2, 0) is 11.3 Å². The Morgan fingerprint density at radius 3 is 2.47 bits per heavy atom. The smallest absolute Gasteiger partial charge is 0.289 e. The van der Waals surface area contributed by atoms with Gasteiger partial charge in [0, 0.05) is 39.1 Å². The third-order valence-corrected chi connectivity index (χ3v) is 6.05. The predicted octanol–water partition coefficient (Wildman–Crippen LogP) is 1.86. The lowest BCUT2D eigenvalue weighted by molar-refractivity contribution is -0.132. The van der Waals surface area contributed by atoms with E-state index < -0.39 is 0 Å². The zero-order chi connectivity index (χ0) is 23.7. The second-order valence-corrected chi connectivity index (χ2v) is 8.27. The van der Waals surface area contributed by atoms with Gasteiger partial charge in [-0.3, -0.25) is 19.0 Å². The van der Waals surface area contributed by atoms with Crippen LogP contribution in [0.4, 0.5) is 0 Å². The average Bonchev–Trinajstić information content (AvgIpc) is 3.55. The van der Waals surface area contributed by atoms with Gasteiger partial charge in [0.15, 0.2) is 11.4 Å². The molecule has 0 unspecified atom stereocenters. The monoisotopic (exact) mass is 460 g/mol. The highest BCUT2D eigenvalue weighted by Crippen LogP contribution is 2.15. The van der Waals surface area contributed by atoms with Gasteiger partial charge in [-0.2, -0.15) is 5.10 Å². The summed E-state index contributed by atoms with van der Waals surface area (Å²) in [6, 6.07) is 11.1. The highest BCUT2D eigenvalue weighted by molar-refractivity contribution is 5.91. The second-order valence-electron chi connectivity index (χ2n) is 8.27. The number of rotatable bonds is 5. The molecule has 1 aromatic carbocycles. The fraction of sp³-hybridized carbons (Fsp3) is 0.292. The van der Waals surface area contributed by atoms with Crippen molar-refractivity contribution in [3.8, 4) is 5.69 Å². The number of amides is 2. The Bertz CT molecular complexity index is 1380. The van der Waals surface area contributed by atoms with Crippen LogP contribution in [0.25, 0.3) is 16.7 Å². The van der Waals surface area contributed by atoms with Crippen molar-refractivity contribution in [2.75, 3.05) is 26.2 Å². The summed E-state index contributed by atoms with van der Waals surface area (Å²) < 4.78 is 8.24. The van der Waals surface area contributed by atoms with Gasteiger partial charge in [-0.15, -0.1) is 0 Å². The van der Waals surface area contributed by atoms with Gasteiger partial charge in [0.25, 0.3) is 11.5 Å². The van der Waals surface area contributed by atoms with E-state index in [1.807, 2.05) is 31.2 Å². The number of furan rings is 1. The van der Waals surface area contributed by atoms with Crippen molar-refractivity contribution in [1.29, 1.82) is 0 Å². The minimum atomic E-state index is -0.231. The van der Waals surface area contributed by atoms with Crippen molar-refractivity contribution in [3.05, 3.63) is 76.9 Å². The molecular weight excluding hydrogens is 436 g/mol. The Morgan fingerprint density at radius 1 is 1.03 bits per heavy atom. The van der Waals surface area contributed by atoms with Gasteiger partial charge >= 0.3 is 0 Å². The van der Waals surface area contributed by atoms with Gasteiger partial charge in [-0.25, -0.2) is 9.67 Å². The highest BCUT2D eigenvalue weighted by Gasteiger charge is 2.26. The molecule has 0 radical (unpaired) electrons. The van der Waals surface area contributed by atoms with E-state index in [2.05, 4.69) is 10.1 Å². The van der Waals surface area contributed by atoms with Crippen molar-refractivity contribution in [3.63, 3.8) is 0 Å². The van der Waals surface area contributed by atoms with Gasteiger partial charge in [0.1, 0.15) is 5.39 Å². The molecule has 1 fully saturated rings. The number of piperazine rings is 1. The van der Waals surface area contributed by atoms with Gasteiger partial charge in [-0.05, 0) is 31.2 Å². The van der Waals surface area contributed by atoms with E-state index in [1.165, 1.54) is 23.4 Å². The van der Waals surface area contributed by atoms with Crippen LogP contribution in [0.15, 0.2) is 64.4 Å². The lowest BCUT2D eigenvalue weighted by Gasteiger charge is -2.34. The summed E-state index contributed by atoms with van der Waals surface area (Å²) in [5.74, 6) is 0.0643. The van der Waals surface area contributed by atoms with E-state index in [0.717, 1.165) is 11.3 Å². The van der Waals surface area contributed by atoms with Gasteiger partial charge < -0.3 is 14.2 Å². The number of aromatic nitrogens is 4. The molecule has 0 bridgehead atoms. The van der Waals surface area contributed by atoms with Crippen molar-refractivity contribution in [2.45, 2.75) is 19.9 Å². The fourth-order valence-corrected chi connectivity index (χ4v) is 4.07. The maximum absolute atomic E-state index is 12.9. The molecule has 10 heteroatoms. The number of carbonyl (C=O) groups is 2. The number of benzene rings is 1. The van der Waals surface area contributed by atoms with Crippen molar-refractivity contribution >= 4 is 22.8 Å². The van der Waals surface area contributed by atoms with E-state index in [0.29, 0.717) is 43.0 Å². The Balaban J connectivity index is 1.22. The van der Waals surface area contributed by atoms with Crippen LogP contribution in [0.2, 0.25) is 0 Å². The summed E-state index contributed by atoms with van der Waals surface area (Å²) in [5.41, 5.74) is 2.20. The number of nitrogens with zero attached hydrogens (tertiary/aromatic N) is 6. The molecule has 34 heavy (non-hydrogen) atoms. The highest BCUT2D eigenvalue weighted by atomic mass is 16.3. The third kappa shape index (κ3) is 4.09. The number of hydrogen-bond acceptors (Lipinski definition) is 6. The van der Waals surface area contributed by atoms with Crippen LogP contribution in [0, 0.1) is 6.92 Å². The topological polar surface area (TPSA) is 106 Å². The van der Waals surface area contributed by atoms with E-state index in [4.69, 9.17) is 4.42 Å². The molecule has 4 heterocycles. The zero-order valence-electron chi connectivity index (χ0n) is 18.8. The predicted molar refractivity (Wildman–Crippen MR) is 124 cm³/mol. The molecule has 0 spiro atoms. The zero-order valence-corrected chi connectivity index (χ0v) is 18.8. The first kappa shape index (κ1) is 21.6. The number of carbonyl (C=O) groups excluding carboxylic acids is 2. The fourth-order valence-electron chi connectivity index (χ4n) is 4.07. The van der Waals surface area contributed by atoms with Crippen LogP contribution < -0.4 is 5.56 Å². The molecule has 2 amide bonds. The second kappa shape index (κ2) is 8.97. The molecular formula is C24H24N6O4. The molecule has 0 N–H and O–H groups in total. The molecule has 1 aliphatic rings. The summed E-state index contributed by atoms with van der Waals surface area (Å²) in [4.78, 5) is 45.9. The maximum atomic E-state index is 12.9. The molecule has 0 atom stereocenters. The summed E-state index contributed by atoms with van der Waals surface area (Å²) in [7, 11) is 0. The quantitative estimate of drug-likeness (QED) is 0.450. The van der Waals surface area contributed by atoms with Crippen LogP contribution >= 0.6 is 0 Å². The maximum Gasteiger partial charge on any atom is 0.289 e. The Labute approximate surface area is 195 Å². The van der Waals surface area contributed by atoms with Crippen LogP contribution in [-0.4, -0.2) is 67.1 Å². The normalized spacial score (nSPS) is 14.0. The minimum absolute atomic E-state index is 0.0626. The number of fused-ring (bicyclic) bond motifs is 1. The van der Waals surface area contributed by atoms with Gasteiger partial charge in [-0.1, -0.05) is 17.7 Å². The van der Waals surface area contributed by atoms with Gasteiger partial charge in [0.2, 0.25) is 5.91 Å². The largest absolute Gasteiger partial charge is 0.459 e. The Hall–Kier alpha value is -4.21. The lowest BCUT2D eigenvalue weighted by atomic mass is 10.2. The first-order valence-corrected chi connectivity index (χ1v) is 11.1. The first-order valence-electron chi connectivity index (χ1n) is 11.1. The molecule has 5 rings (SSSR count). The molecule has 174 valence electrons. The third-order valence-electron chi connectivity index (χ3n) is 6.05. The SMILES string of the molecule is Cc1ccc(-n2ncc3c(=O)n(CCC(=O)N4CCN(C(=O)c5ccco5)CC4)cnc32)cc1. The lowest BCUT2D eigenvalue weighted by Crippen LogP contribution is -2.50. The number of hydrogen-bond donors (Lipinski definition) is 0. The van der Waals surface area contributed by atoms with E-state index in [-0.39, 0.29) is 30.3 Å². The molecule has 4 aromatic rings. The van der Waals surface area contributed by atoms with Crippen molar-refractivity contribution in [2.24, 2.45) is 0 Å². The van der Waals surface area contributed by atoms with Crippen molar-refractivity contribution < 1.29 is 14.0 Å². The summed E-state index contributed by atoms with van der Waals surface area (Å²) in [6.45, 7) is 4.00. The van der Waals surface area contributed by atoms with E-state index in [9.17, 15) is 14.4 Å². The molecule has 3 aromatic heterocycles. The molecule has 1 saturated heterocycles. The Morgan fingerprint density at radius 2 is 1.76 bits per heavy atom. The summed E-state index contributed by atoms with van der Waals surface area (Å²) in [5, 5.41) is 4.74. The summed E-state index contributed by atoms with van der Waals surface area (Å²) in [6.07, 6.45) is 4.61. The molecule has 0 saturated carbocycles.